The number of rotatable bonds is 5. The van der Waals surface area contributed by atoms with Gasteiger partial charge in [-0.25, -0.2) is 4.39 Å². The maximum atomic E-state index is 14.0. The molecular weight excluding hydrogens is 355 g/mol. The first kappa shape index (κ1) is 18.0. The van der Waals surface area contributed by atoms with Crippen LogP contribution >= 0.6 is 0 Å². The largest absolute Gasteiger partial charge is 0.494 e. The summed E-state index contributed by atoms with van der Waals surface area (Å²) in [4.78, 5) is 14.8. The van der Waals surface area contributed by atoms with Crippen LogP contribution in [0.1, 0.15) is 34.6 Å². The van der Waals surface area contributed by atoms with Crippen molar-refractivity contribution in [3.63, 3.8) is 0 Å². The molecule has 0 aliphatic carbocycles. The average molecular weight is 376 g/mol. The molecule has 3 aromatic rings. The Bertz CT molecular complexity index is 1020. The molecule has 1 N–H and O–H groups in total. The molecule has 0 bridgehead atoms. The Labute approximate surface area is 163 Å². The zero-order valence-electron chi connectivity index (χ0n) is 15.8. The quantitative estimate of drug-likeness (QED) is 0.657. The summed E-state index contributed by atoms with van der Waals surface area (Å²) in [6, 6.07) is 19.9. The lowest BCUT2D eigenvalue weighted by Crippen LogP contribution is -2.32. The van der Waals surface area contributed by atoms with E-state index in [-0.39, 0.29) is 11.7 Å². The van der Waals surface area contributed by atoms with Gasteiger partial charge in [-0.05, 0) is 61.9 Å². The van der Waals surface area contributed by atoms with Crippen LogP contribution in [-0.2, 0) is 0 Å². The number of benzene rings is 3. The van der Waals surface area contributed by atoms with Crippen LogP contribution in [-0.4, -0.2) is 12.5 Å². The molecule has 0 fully saturated rings. The van der Waals surface area contributed by atoms with Crippen LogP contribution < -0.4 is 15.0 Å². The minimum atomic E-state index is -0.427. The van der Waals surface area contributed by atoms with E-state index in [1.54, 1.807) is 17.9 Å². The molecule has 1 unspecified atom stereocenters. The number of hydrogen-bond acceptors (Lipinski definition) is 3. The number of halogens is 1. The Hall–Kier alpha value is -3.34. The Balaban J connectivity index is 1.72. The van der Waals surface area contributed by atoms with E-state index < -0.39 is 6.17 Å². The molecule has 1 aliphatic heterocycles. The molecule has 0 aromatic heterocycles. The van der Waals surface area contributed by atoms with Gasteiger partial charge in [0.25, 0.3) is 5.91 Å². The van der Waals surface area contributed by atoms with Gasteiger partial charge >= 0.3 is 0 Å². The van der Waals surface area contributed by atoms with E-state index in [2.05, 4.69) is 5.32 Å². The number of fused-ring (bicyclic) bond motifs is 1. The van der Waals surface area contributed by atoms with Gasteiger partial charge in [-0.1, -0.05) is 24.3 Å². The Kier molecular flexibility index (Phi) is 4.74. The molecule has 1 amide bonds. The van der Waals surface area contributed by atoms with Crippen molar-refractivity contribution in [2.45, 2.75) is 20.0 Å². The normalized spacial score (nSPS) is 15.5. The number of carbonyl (C=O) groups excluding carboxylic acids is 1. The van der Waals surface area contributed by atoms with Crippen molar-refractivity contribution in [2.75, 3.05) is 16.8 Å². The minimum absolute atomic E-state index is 0.0927. The smallest absolute Gasteiger partial charge is 0.260 e. The molecule has 4 nitrogen and oxygen atoms in total. The number of anilines is 2. The zero-order valence-corrected chi connectivity index (χ0v) is 15.8. The Morgan fingerprint density at radius 1 is 1.07 bits per heavy atom. The molecule has 0 radical (unpaired) electrons. The SMILES string of the molecule is CCOc1ccc(N2C(=O)c3ccccc3C2Nc2ccc(C)c(F)c2)cc1. The van der Waals surface area contributed by atoms with Crippen molar-refractivity contribution in [3.8, 4) is 5.75 Å². The van der Waals surface area contributed by atoms with Crippen molar-refractivity contribution >= 4 is 17.3 Å². The van der Waals surface area contributed by atoms with Gasteiger partial charge in [-0.2, -0.15) is 0 Å². The lowest BCUT2D eigenvalue weighted by molar-refractivity contribution is 0.0993. The minimum Gasteiger partial charge on any atom is -0.494 e. The summed E-state index contributed by atoms with van der Waals surface area (Å²) < 4.78 is 19.5. The molecule has 0 spiro atoms. The van der Waals surface area contributed by atoms with Crippen molar-refractivity contribution in [1.29, 1.82) is 0 Å². The van der Waals surface area contributed by atoms with Crippen molar-refractivity contribution in [1.82, 2.24) is 0 Å². The molecule has 0 saturated heterocycles. The van der Waals surface area contributed by atoms with Crippen LogP contribution in [0.3, 0.4) is 0 Å². The van der Waals surface area contributed by atoms with Gasteiger partial charge in [0.2, 0.25) is 0 Å². The molecule has 28 heavy (non-hydrogen) atoms. The third-order valence-corrected chi connectivity index (χ3v) is 4.86. The second kappa shape index (κ2) is 7.35. The maximum Gasteiger partial charge on any atom is 0.260 e. The van der Waals surface area contributed by atoms with Gasteiger partial charge in [0, 0.05) is 22.5 Å². The highest BCUT2D eigenvalue weighted by molar-refractivity contribution is 6.11. The third-order valence-electron chi connectivity index (χ3n) is 4.86. The number of nitrogens with one attached hydrogen (secondary N) is 1. The summed E-state index contributed by atoms with van der Waals surface area (Å²) >= 11 is 0. The van der Waals surface area contributed by atoms with Gasteiger partial charge in [0.1, 0.15) is 17.7 Å². The molecule has 3 aromatic carbocycles. The van der Waals surface area contributed by atoms with E-state index in [0.717, 1.165) is 17.0 Å². The van der Waals surface area contributed by atoms with Gasteiger partial charge < -0.3 is 10.1 Å². The fourth-order valence-electron chi connectivity index (χ4n) is 3.44. The summed E-state index contributed by atoms with van der Waals surface area (Å²) in [5.41, 5.74) is 3.45. The average Bonchev–Trinajstić information content (AvgIpc) is 2.98. The van der Waals surface area contributed by atoms with Gasteiger partial charge in [-0.15, -0.1) is 0 Å². The number of aryl methyl sites for hydroxylation is 1. The molecule has 5 heteroatoms. The fourth-order valence-corrected chi connectivity index (χ4v) is 3.44. The maximum absolute atomic E-state index is 14.0. The molecular formula is C23H21FN2O2. The summed E-state index contributed by atoms with van der Waals surface area (Å²) in [5.74, 6) is 0.376. The first-order chi connectivity index (χ1) is 13.6. The number of ether oxygens (including phenoxy) is 1. The second-order valence-corrected chi connectivity index (χ2v) is 6.70. The number of hydrogen-bond donors (Lipinski definition) is 1. The second-order valence-electron chi connectivity index (χ2n) is 6.70. The standard InChI is InChI=1S/C23H21FN2O2/c1-3-28-18-12-10-17(11-13-18)26-22(19-6-4-5-7-20(19)23(26)27)25-16-9-8-15(2)21(24)14-16/h4-14,22,25H,3H2,1-2H3. The lowest BCUT2D eigenvalue weighted by atomic mass is 10.1. The van der Waals surface area contributed by atoms with Crippen LogP contribution in [0.4, 0.5) is 15.8 Å². The van der Waals surface area contributed by atoms with Crippen molar-refractivity contribution in [2.24, 2.45) is 0 Å². The number of amides is 1. The van der Waals surface area contributed by atoms with Crippen LogP contribution in [0, 0.1) is 12.7 Å². The predicted octanol–water partition coefficient (Wildman–Crippen LogP) is 5.30. The topological polar surface area (TPSA) is 41.6 Å². The van der Waals surface area contributed by atoms with E-state index in [4.69, 9.17) is 4.74 Å². The van der Waals surface area contributed by atoms with Crippen molar-refractivity contribution in [3.05, 3.63) is 89.2 Å². The van der Waals surface area contributed by atoms with Crippen LogP contribution in [0.25, 0.3) is 0 Å². The van der Waals surface area contributed by atoms with Crippen LogP contribution in [0.2, 0.25) is 0 Å². The predicted molar refractivity (Wildman–Crippen MR) is 108 cm³/mol. The molecule has 1 aliphatic rings. The van der Waals surface area contributed by atoms with Gasteiger partial charge in [0.05, 0.1) is 6.61 Å². The highest BCUT2D eigenvalue weighted by Gasteiger charge is 2.37. The van der Waals surface area contributed by atoms with E-state index in [1.165, 1.54) is 6.07 Å². The number of nitrogens with zero attached hydrogens (tertiary/aromatic N) is 1. The van der Waals surface area contributed by atoms with Gasteiger partial charge in [0.15, 0.2) is 0 Å². The van der Waals surface area contributed by atoms with Crippen molar-refractivity contribution < 1.29 is 13.9 Å². The summed E-state index contributed by atoms with van der Waals surface area (Å²) in [5, 5.41) is 3.32. The molecule has 142 valence electrons. The molecule has 4 rings (SSSR count). The third kappa shape index (κ3) is 3.20. The van der Waals surface area contributed by atoms with E-state index in [1.807, 2.05) is 61.5 Å². The Morgan fingerprint density at radius 3 is 2.54 bits per heavy atom. The molecule has 1 heterocycles. The summed E-state index contributed by atoms with van der Waals surface area (Å²) in [7, 11) is 0. The zero-order chi connectivity index (χ0) is 19.7. The highest BCUT2D eigenvalue weighted by atomic mass is 19.1. The van der Waals surface area contributed by atoms with Crippen LogP contribution in [0.5, 0.6) is 5.75 Å². The van der Waals surface area contributed by atoms with E-state index in [0.29, 0.717) is 23.4 Å². The fraction of sp³-hybridized carbons (Fsp3) is 0.174. The van der Waals surface area contributed by atoms with E-state index in [9.17, 15) is 9.18 Å². The molecule has 1 atom stereocenters. The monoisotopic (exact) mass is 376 g/mol. The summed E-state index contributed by atoms with van der Waals surface area (Å²) in [6.07, 6.45) is -0.427. The van der Waals surface area contributed by atoms with E-state index >= 15 is 0 Å². The highest BCUT2D eigenvalue weighted by Crippen LogP contribution is 2.38. The first-order valence-corrected chi connectivity index (χ1v) is 9.26. The number of carbonyl (C=O) groups is 1. The molecule has 0 saturated carbocycles. The Morgan fingerprint density at radius 2 is 1.82 bits per heavy atom. The van der Waals surface area contributed by atoms with Crippen LogP contribution in [0.15, 0.2) is 66.7 Å². The summed E-state index contributed by atoms with van der Waals surface area (Å²) in [6.45, 7) is 4.23. The lowest BCUT2D eigenvalue weighted by Gasteiger charge is -2.27. The first-order valence-electron chi connectivity index (χ1n) is 9.26. The van der Waals surface area contributed by atoms with Gasteiger partial charge in [-0.3, -0.25) is 9.69 Å².